The van der Waals surface area contributed by atoms with Gasteiger partial charge < -0.3 is 25.8 Å². The fourth-order valence-corrected chi connectivity index (χ4v) is 4.56. The van der Waals surface area contributed by atoms with Gasteiger partial charge in [0.25, 0.3) is 0 Å². The van der Waals surface area contributed by atoms with Crippen molar-refractivity contribution < 1.29 is 32.8 Å². The van der Waals surface area contributed by atoms with Gasteiger partial charge in [0, 0.05) is 5.69 Å². The van der Waals surface area contributed by atoms with Crippen LogP contribution >= 0.6 is 7.82 Å². The number of para-hydroxylation sites is 1. The molecule has 0 aliphatic carbocycles. The number of hydrogen-bond donors (Lipinski definition) is 3. The molecule has 0 spiro atoms. The molecule has 0 radical (unpaired) electrons. The van der Waals surface area contributed by atoms with Crippen molar-refractivity contribution in [2.75, 3.05) is 18.1 Å². The van der Waals surface area contributed by atoms with Gasteiger partial charge >= 0.3 is 13.8 Å². The summed E-state index contributed by atoms with van der Waals surface area (Å²) >= 11 is 0. The molecule has 2 saturated heterocycles. The van der Waals surface area contributed by atoms with E-state index in [1.54, 1.807) is 18.2 Å². The summed E-state index contributed by atoms with van der Waals surface area (Å²) in [6, 6.07) is 6.36. The second kappa shape index (κ2) is 7.25. The van der Waals surface area contributed by atoms with Gasteiger partial charge in [-0.25, -0.2) is 24.3 Å². The highest BCUT2D eigenvalue weighted by atomic mass is 31.2. The van der Waals surface area contributed by atoms with Gasteiger partial charge in [-0.15, -0.1) is 0 Å². The van der Waals surface area contributed by atoms with Crippen molar-refractivity contribution in [2.45, 2.75) is 24.5 Å². The lowest BCUT2D eigenvalue weighted by Crippen LogP contribution is -2.41. The van der Waals surface area contributed by atoms with Gasteiger partial charge in [-0.3, -0.25) is 13.6 Å². The van der Waals surface area contributed by atoms with Crippen molar-refractivity contribution in [1.82, 2.24) is 19.5 Å². The number of fused-ring (bicyclic) bond motifs is 2. The average molecular weight is 448 g/mol. The molecule has 5 N–H and O–H groups in total. The Hall–Kier alpha value is -3.09. The summed E-state index contributed by atoms with van der Waals surface area (Å²) in [5, 5.41) is 0. The lowest BCUT2D eigenvalue weighted by atomic mass is 10.1. The number of aromatic nitrogens is 4. The van der Waals surface area contributed by atoms with E-state index in [4.69, 9.17) is 30.0 Å². The number of nitrogen functional groups attached to an aromatic ring is 2. The van der Waals surface area contributed by atoms with Crippen LogP contribution in [-0.4, -0.2) is 55.3 Å². The third kappa shape index (κ3) is 3.42. The number of rotatable bonds is 3. The zero-order chi connectivity index (χ0) is 21.8. The van der Waals surface area contributed by atoms with E-state index < -0.39 is 38.3 Å². The molecule has 1 aromatic carbocycles. The molecule has 5 unspecified atom stereocenters. The molecule has 13 nitrogen and oxygen atoms in total. The first-order chi connectivity index (χ1) is 14.8. The van der Waals surface area contributed by atoms with Crippen molar-refractivity contribution in [2.24, 2.45) is 0 Å². The van der Waals surface area contributed by atoms with E-state index in [0.717, 1.165) is 0 Å². The highest BCUT2D eigenvalue weighted by molar-refractivity contribution is 7.47. The van der Waals surface area contributed by atoms with Gasteiger partial charge in [0.1, 0.15) is 24.1 Å². The van der Waals surface area contributed by atoms with Crippen LogP contribution in [0.1, 0.15) is 16.6 Å². The highest BCUT2D eigenvalue weighted by Gasteiger charge is 2.55. The maximum absolute atomic E-state index is 12.8. The predicted molar refractivity (Wildman–Crippen MR) is 104 cm³/mol. The molecule has 162 valence electrons. The molecule has 5 atom stereocenters. The first-order valence-corrected chi connectivity index (χ1v) is 10.6. The smallest absolute Gasteiger partial charge is 0.451 e. The van der Waals surface area contributed by atoms with E-state index in [-0.39, 0.29) is 23.7 Å². The number of phosphoric acid groups is 1. The van der Waals surface area contributed by atoms with Gasteiger partial charge in [-0.2, -0.15) is 0 Å². The summed E-state index contributed by atoms with van der Waals surface area (Å²) in [4.78, 5) is 34.9. The first kappa shape index (κ1) is 19.8. The van der Waals surface area contributed by atoms with E-state index in [9.17, 15) is 14.3 Å². The van der Waals surface area contributed by atoms with Crippen molar-refractivity contribution in [1.29, 1.82) is 0 Å². The number of benzene rings is 1. The summed E-state index contributed by atoms with van der Waals surface area (Å²) in [7, 11) is -4.34. The summed E-state index contributed by atoms with van der Waals surface area (Å²) < 4.78 is 35.2. The Kier molecular flexibility index (Phi) is 4.64. The molecule has 4 heterocycles. The van der Waals surface area contributed by atoms with Crippen molar-refractivity contribution in [3.05, 3.63) is 42.5 Å². The number of nitrogens with zero attached hydrogens (tertiary/aromatic N) is 4. The molecule has 2 aliphatic heterocycles. The van der Waals surface area contributed by atoms with Crippen LogP contribution in [0.15, 0.2) is 36.9 Å². The topological polar surface area (TPSA) is 187 Å². The second-order valence-electron chi connectivity index (χ2n) is 6.94. The predicted octanol–water partition coefficient (Wildman–Crippen LogP) is 0.629. The lowest BCUT2D eigenvalue weighted by Gasteiger charge is -2.29. The zero-order valence-electron chi connectivity index (χ0n) is 15.8. The van der Waals surface area contributed by atoms with Crippen molar-refractivity contribution in [3.8, 4) is 0 Å². The lowest BCUT2D eigenvalue weighted by molar-refractivity contribution is -0.0666. The van der Waals surface area contributed by atoms with Crippen LogP contribution in [0.2, 0.25) is 0 Å². The molecule has 0 bridgehead atoms. The standard InChI is InChI=1S/C17H17N6O7P/c18-9-4-2-1-3-8(9)17(24)29-13-12-10(5-27-31(25,26)30-12)28-16(13)23-7-22-11-14(19)20-6-21-15(11)23/h1-4,6-7,10,12-13,16H,5,18H2,(H,25,26)(H2,19,20,21). The minimum absolute atomic E-state index is 0.131. The average Bonchev–Trinajstić information content (AvgIpc) is 3.30. The molecule has 2 aromatic heterocycles. The van der Waals surface area contributed by atoms with Gasteiger partial charge in [-0.05, 0) is 12.1 Å². The first-order valence-electron chi connectivity index (χ1n) is 9.14. The zero-order valence-corrected chi connectivity index (χ0v) is 16.7. The van der Waals surface area contributed by atoms with Gasteiger partial charge in [-0.1, -0.05) is 12.1 Å². The molecule has 14 heteroatoms. The summed E-state index contributed by atoms with van der Waals surface area (Å²) in [6.45, 7) is -0.236. The number of carbonyl (C=O) groups is 1. The summed E-state index contributed by atoms with van der Waals surface area (Å²) in [5.41, 5.74) is 12.7. The Morgan fingerprint density at radius 1 is 1.26 bits per heavy atom. The van der Waals surface area contributed by atoms with E-state index in [1.165, 1.54) is 23.3 Å². The van der Waals surface area contributed by atoms with Crippen LogP contribution in [0.3, 0.4) is 0 Å². The molecule has 0 amide bonds. The third-order valence-corrected chi connectivity index (χ3v) is 6.01. The molecular weight excluding hydrogens is 431 g/mol. The molecule has 0 saturated carbocycles. The van der Waals surface area contributed by atoms with E-state index in [1.807, 2.05) is 0 Å². The number of carbonyl (C=O) groups excluding carboxylic acids is 1. The van der Waals surface area contributed by atoms with Crippen LogP contribution < -0.4 is 11.5 Å². The van der Waals surface area contributed by atoms with Crippen LogP contribution in [0, 0.1) is 0 Å². The number of phosphoric ester groups is 1. The number of nitrogens with two attached hydrogens (primary N) is 2. The third-order valence-electron chi connectivity index (χ3n) is 5.03. The SMILES string of the molecule is Nc1ccccc1C(=O)OC1C2OP(=O)(O)OCC2OC1n1cnc2c(N)ncnc21. The maximum Gasteiger partial charge on any atom is 0.472 e. The normalized spacial score (nSPS) is 30.2. The summed E-state index contributed by atoms with van der Waals surface area (Å²) in [5.74, 6) is -0.594. The van der Waals surface area contributed by atoms with Crippen LogP contribution in [0.4, 0.5) is 11.5 Å². The van der Waals surface area contributed by atoms with Gasteiger partial charge in [0.2, 0.25) is 0 Å². The minimum atomic E-state index is -4.34. The number of anilines is 2. The Balaban J connectivity index is 1.54. The fourth-order valence-electron chi connectivity index (χ4n) is 3.60. The molecule has 2 fully saturated rings. The Morgan fingerprint density at radius 2 is 2.06 bits per heavy atom. The highest BCUT2D eigenvalue weighted by Crippen LogP contribution is 2.53. The van der Waals surface area contributed by atoms with Crippen LogP contribution in [-0.2, 0) is 23.1 Å². The number of esters is 1. The van der Waals surface area contributed by atoms with Gasteiger partial charge in [0.15, 0.2) is 23.8 Å². The van der Waals surface area contributed by atoms with Crippen LogP contribution in [0.5, 0.6) is 0 Å². The Morgan fingerprint density at radius 3 is 2.87 bits per heavy atom. The molecule has 31 heavy (non-hydrogen) atoms. The van der Waals surface area contributed by atoms with E-state index >= 15 is 0 Å². The molecular formula is C17H17N6O7P. The second-order valence-corrected chi connectivity index (χ2v) is 8.35. The number of imidazole rings is 1. The van der Waals surface area contributed by atoms with Crippen LogP contribution in [0.25, 0.3) is 11.2 Å². The monoisotopic (exact) mass is 448 g/mol. The maximum atomic E-state index is 12.8. The van der Waals surface area contributed by atoms with Crippen molar-refractivity contribution >= 4 is 36.5 Å². The minimum Gasteiger partial charge on any atom is -0.451 e. The summed E-state index contributed by atoms with van der Waals surface area (Å²) in [6.07, 6.45) is -1.36. The number of hydrogen-bond acceptors (Lipinski definition) is 11. The van der Waals surface area contributed by atoms with Crippen molar-refractivity contribution in [3.63, 3.8) is 0 Å². The quantitative estimate of drug-likeness (QED) is 0.288. The largest absolute Gasteiger partial charge is 0.472 e. The molecule has 3 aromatic rings. The van der Waals surface area contributed by atoms with Gasteiger partial charge in [0.05, 0.1) is 18.5 Å². The Bertz CT molecular complexity index is 1220. The molecule has 5 rings (SSSR count). The fraction of sp³-hybridized carbons (Fsp3) is 0.294. The Labute approximate surface area is 174 Å². The number of ether oxygens (including phenoxy) is 2. The molecule has 2 aliphatic rings. The van der Waals surface area contributed by atoms with E-state index in [2.05, 4.69) is 15.0 Å². The van der Waals surface area contributed by atoms with E-state index in [0.29, 0.717) is 11.2 Å².